The Balaban J connectivity index is 1.69. The van der Waals surface area contributed by atoms with Crippen LogP contribution in [0.25, 0.3) is 22.2 Å². The minimum Gasteiger partial charge on any atom is -0.456 e. The maximum atomic E-state index is 14.9. The standard InChI is InChI=1S/C21H15ClFN3O2/c22-17-15(24)10-16(14-7-6-13-8-9-25-19(13)18(14)23)26-20(17)21(27)28-11-12-4-2-1-3-5-12/h1-10,25H,11H2,(H2,24,26). The number of nitrogens with one attached hydrogen (secondary N) is 1. The predicted octanol–water partition coefficient (Wildman–Crippen LogP) is 4.96. The van der Waals surface area contributed by atoms with Crippen molar-refractivity contribution in [1.82, 2.24) is 9.97 Å². The van der Waals surface area contributed by atoms with Gasteiger partial charge in [0, 0.05) is 17.1 Å². The monoisotopic (exact) mass is 395 g/mol. The van der Waals surface area contributed by atoms with E-state index in [9.17, 15) is 9.18 Å². The molecule has 0 radical (unpaired) electrons. The zero-order chi connectivity index (χ0) is 19.7. The summed E-state index contributed by atoms with van der Waals surface area (Å²) < 4.78 is 20.1. The SMILES string of the molecule is Nc1cc(-c2ccc3cc[nH]c3c2F)nc(C(=O)OCc2ccccc2)c1Cl. The average molecular weight is 396 g/mol. The van der Waals surface area contributed by atoms with Crippen molar-refractivity contribution in [3.8, 4) is 11.3 Å². The van der Waals surface area contributed by atoms with Gasteiger partial charge in [-0.05, 0) is 23.8 Å². The Morgan fingerprint density at radius 3 is 2.75 bits per heavy atom. The number of rotatable bonds is 4. The van der Waals surface area contributed by atoms with Crippen LogP contribution in [0.3, 0.4) is 0 Å². The molecule has 0 aliphatic rings. The molecule has 7 heteroatoms. The molecule has 5 nitrogen and oxygen atoms in total. The molecular weight excluding hydrogens is 381 g/mol. The van der Waals surface area contributed by atoms with Gasteiger partial charge < -0.3 is 15.5 Å². The third-order valence-electron chi connectivity index (χ3n) is 4.33. The zero-order valence-electron chi connectivity index (χ0n) is 14.6. The Hall–Kier alpha value is -3.38. The number of halogens is 2. The molecule has 0 amide bonds. The molecule has 4 aromatic rings. The normalized spacial score (nSPS) is 10.9. The number of H-pyrrole nitrogens is 1. The largest absolute Gasteiger partial charge is 0.456 e. The van der Waals surface area contributed by atoms with Crippen LogP contribution in [0, 0.1) is 5.82 Å². The molecule has 0 saturated carbocycles. The van der Waals surface area contributed by atoms with Crippen molar-refractivity contribution in [2.75, 3.05) is 5.73 Å². The molecule has 2 heterocycles. The number of hydrogen-bond acceptors (Lipinski definition) is 4. The van der Waals surface area contributed by atoms with Crippen molar-refractivity contribution in [2.24, 2.45) is 0 Å². The van der Waals surface area contributed by atoms with Crippen molar-refractivity contribution < 1.29 is 13.9 Å². The highest BCUT2D eigenvalue weighted by molar-refractivity contribution is 6.35. The molecular formula is C21H15ClFN3O2. The minimum atomic E-state index is -0.733. The van der Waals surface area contributed by atoms with Crippen molar-refractivity contribution in [3.63, 3.8) is 0 Å². The van der Waals surface area contributed by atoms with Crippen molar-refractivity contribution in [3.05, 3.63) is 82.9 Å². The van der Waals surface area contributed by atoms with E-state index < -0.39 is 11.8 Å². The number of nitrogens with two attached hydrogens (primary N) is 1. The number of carbonyl (C=O) groups excluding carboxylic acids is 1. The molecule has 0 aliphatic carbocycles. The van der Waals surface area contributed by atoms with E-state index in [0.717, 1.165) is 10.9 Å². The van der Waals surface area contributed by atoms with Crippen LogP contribution in [0.15, 0.2) is 60.8 Å². The number of esters is 1. The van der Waals surface area contributed by atoms with E-state index in [1.54, 1.807) is 24.4 Å². The summed E-state index contributed by atoms with van der Waals surface area (Å²) in [5.41, 5.74) is 7.47. The molecule has 4 rings (SSSR count). The summed E-state index contributed by atoms with van der Waals surface area (Å²) in [6, 6.07) is 15.7. The van der Waals surface area contributed by atoms with Gasteiger partial charge >= 0.3 is 5.97 Å². The van der Waals surface area contributed by atoms with E-state index in [-0.39, 0.29) is 34.3 Å². The van der Waals surface area contributed by atoms with Crippen LogP contribution in [0.2, 0.25) is 5.02 Å². The lowest BCUT2D eigenvalue weighted by Crippen LogP contribution is -2.10. The summed E-state index contributed by atoms with van der Waals surface area (Å²) in [5, 5.41) is 0.703. The van der Waals surface area contributed by atoms with Gasteiger partial charge in [-0.15, -0.1) is 0 Å². The van der Waals surface area contributed by atoms with E-state index in [0.29, 0.717) is 5.52 Å². The van der Waals surface area contributed by atoms with Crippen LogP contribution in [0.4, 0.5) is 10.1 Å². The fourth-order valence-corrected chi connectivity index (χ4v) is 3.08. The second kappa shape index (κ2) is 7.32. The summed E-state index contributed by atoms with van der Waals surface area (Å²) in [4.78, 5) is 19.6. The van der Waals surface area contributed by atoms with Gasteiger partial charge in [0.15, 0.2) is 11.5 Å². The Kier molecular flexibility index (Phi) is 4.71. The molecule has 3 N–H and O–H groups in total. The summed E-state index contributed by atoms with van der Waals surface area (Å²) in [6.45, 7) is 0.0601. The lowest BCUT2D eigenvalue weighted by atomic mass is 10.1. The maximum Gasteiger partial charge on any atom is 0.358 e. The molecule has 2 aromatic heterocycles. The topological polar surface area (TPSA) is 81.0 Å². The second-order valence-electron chi connectivity index (χ2n) is 6.19. The van der Waals surface area contributed by atoms with E-state index in [2.05, 4.69) is 9.97 Å². The van der Waals surface area contributed by atoms with Gasteiger partial charge in [0.1, 0.15) is 6.61 Å². The summed E-state index contributed by atoms with van der Waals surface area (Å²) in [7, 11) is 0. The highest BCUT2D eigenvalue weighted by Gasteiger charge is 2.20. The smallest absolute Gasteiger partial charge is 0.358 e. The fourth-order valence-electron chi connectivity index (χ4n) is 2.90. The molecule has 0 fully saturated rings. The first-order valence-corrected chi connectivity index (χ1v) is 8.85. The summed E-state index contributed by atoms with van der Waals surface area (Å²) >= 11 is 6.16. The number of ether oxygens (including phenoxy) is 1. The zero-order valence-corrected chi connectivity index (χ0v) is 15.3. The van der Waals surface area contributed by atoms with Gasteiger partial charge in [-0.25, -0.2) is 14.2 Å². The number of fused-ring (bicyclic) bond motifs is 1. The van der Waals surface area contributed by atoms with Gasteiger partial charge in [0.05, 0.1) is 21.9 Å². The van der Waals surface area contributed by atoms with Gasteiger partial charge in [0.2, 0.25) is 0 Å². The molecule has 0 bridgehead atoms. The Morgan fingerprint density at radius 2 is 1.96 bits per heavy atom. The minimum absolute atomic E-state index is 0.0248. The van der Waals surface area contributed by atoms with Crippen molar-refractivity contribution in [1.29, 1.82) is 0 Å². The summed E-state index contributed by atoms with van der Waals surface area (Å²) in [5.74, 6) is -1.22. The number of carbonyl (C=O) groups is 1. The molecule has 140 valence electrons. The van der Waals surface area contributed by atoms with Gasteiger partial charge in [-0.3, -0.25) is 0 Å². The second-order valence-corrected chi connectivity index (χ2v) is 6.57. The number of aromatic amines is 1. The van der Waals surface area contributed by atoms with E-state index >= 15 is 0 Å². The maximum absolute atomic E-state index is 14.9. The Morgan fingerprint density at radius 1 is 1.18 bits per heavy atom. The first-order valence-electron chi connectivity index (χ1n) is 8.47. The van der Waals surface area contributed by atoms with Crippen LogP contribution in [0.5, 0.6) is 0 Å². The number of nitrogens with zero attached hydrogens (tertiary/aromatic N) is 1. The molecule has 2 aromatic carbocycles. The van der Waals surface area contributed by atoms with Gasteiger partial charge in [-0.2, -0.15) is 0 Å². The molecule has 0 aliphatic heterocycles. The van der Waals surface area contributed by atoms with E-state index in [1.165, 1.54) is 6.07 Å². The van der Waals surface area contributed by atoms with Crippen LogP contribution in [-0.4, -0.2) is 15.9 Å². The van der Waals surface area contributed by atoms with Crippen LogP contribution in [-0.2, 0) is 11.3 Å². The van der Waals surface area contributed by atoms with Crippen LogP contribution < -0.4 is 5.73 Å². The highest BCUT2D eigenvalue weighted by Crippen LogP contribution is 2.32. The first kappa shape index (κ1) is 18.0. The van der Waals surface area contributed by atoms with Gasteiger partial charge in [-0.1, -0.05) is 48.0 Å². The number of hydrogen-bond donors (Lipinski definition) is 2. The molecule has 0 spiro atoms. The van der Waals surface area contributed by atoms with Crippen LogP contribution in [0.1, 0.15) is 16.1 Å². The molecule has 0 saturated heterocycles. The average Bonchev–Trinajstić information content (AvgIpc) is 3.19. The van der Waals surface area contributed by atoms with Gasteiger partial charge in [0.25, 0.3) is 0 Å². The quantitative estimate of drug-likeness (QED) is 0.478. The Bertz CT molecular complexity index is 1180. The lowest BCUT2D eigenvalue weighted by Gasteiger charge is -2.11. The third kappa shape index (κ3) is 3.30. The van der Waals surface area contributed by atoms with E-state index in [1.807, 2.05) is 30.3 Å². The van der Waals surface area contributed by atoms with Crippen molar-refractivity contribution >= 4 is 34.2 Å². The number of benzene rings is 2. The Labute approximate surface area is 164 Å². The predicted molar refractivity (Wildman–Crippen MR) is 106 cm³/mol. The number of anilines is 1. The molecule has 28 heavy (non-hydrogen) atoms. The third-order valence-corrected chi connectivity index (χ3v) is 4.73. The van der Waals surface area contributed by atoms with E-state index in [4.69, 9.17) is 22.1 Å². The molecule has 0 unspecified atom stereocenters. The molecule has 0 atom stereocenters. The lowest BCUT2D eigenvalue weighted by molar-refractivity contribution is 0.0466. The summed E-state index contributed by atoms with van der Waals surface area (Å²) in [6.07, 6.45) is 1.65. The number of nitrogen functional groups attached to an aromatic ring is 1. The van der Waals surface area contributed by atoms with Crippen LogP contribution >= 0.6 is 11.6 Å². The fraction of sp³-hybridized carbons (Fsp3) is 0.0476. The number of aromatic nitrogens is 2. The number of pyridine rings is 1. The first-order chi connectivity index (χ1) is 13.5. The highest BCUT2D eigenvalue weighted by atomic mass is 35.5. The van der Waals surface area contributed by atoms with Crippen molar-refractivity contribution in [2.45, 2.75) is 6.61 Å².